The van der Waals surface area contributed by atoms with E-state index in [2.05, 4.69) is 20.8 Å². The predicted molar refractivity (Wildman–Crippen MR) is 74.3 cm³/mol. The zero-order valence-corrected chi connectivity index (χ0v) is 12.4. The number of hydrogen-bond donors (Lipinski definition) is 0. The molecular formula is C15H32O2. The Morgan fingerprint density at radius 1 is 0.765 bits per heavy atom. The van der Waals surface area contributed by atoms with Gasteiger partial charge < -0.3 is 9.47 Å². The van der Waals surface area contributed by atoms with E-state index in [9.17, 15) is 0 Å². The maximum Gasteiger partial charge on any atom is 0.147 e. The summed E-state index contributed by atoms with van der Waals surface area (Å²) in [5.74, 6) is 0. The molecule has 0 fully saturated rings. The van der Waals surface area contributed by atoms with E-state index < -0.39 is 0 Å². The van der Waals surface area contributed by atoms with E-state index in [1.54, 1.807) is 7.11 Å². The van der Waals surface area contributed by atoms with Crippen LogP contribution >= 0.6 is 0 Å². The van der Waals surface area contributed by atoms with Gasteiger partial charge in [-0.2, -0.15) is 0 Å². The molecule has 0 amide bonds. The van der Waals surface area contributed by atoms with E-state index in [1.165, 1.54) is 57.8 Å². The Kier molecular flexibility index (Phi) is 11.0. The van der Waals surface area contributed by atoms with E-state index >= 15 is 0 Å². The minimum Gasteiger partial charge on any atom is -0.359 e. The van der Waals surface area contributed by atoms with Crippen LogP contribution in [0.1, 0.15) is 78.6 Å². The summed E-state index contributed by atoms with van der Waals surface area (Å²) in [4.78, 5) is 0. The average Bonchev–Trinajstić information content (AvgIpc) is 2.37. The zero-order valence-electron chi connectivity index (χ0n) is 12.4. The molecule has 0 unspecified atom stereocenters. The smallest absolute Gasteiger partial charge is 0.147 e. The fourth-order valence-electron chi connectivity index (χ4n) is 2.27. The highest BCUT2D eigenvalue weighted by atomic mass is 16.7. The van der Waals surface area contributed by atoms with Crippen LogP contribution in [0.25, 0.3) is 0 Å². The van der Waals surface area contributed by atoms with Gasteiger partial charge in [0, 0.05) is 7.11 Å². The number of hydrogen-bond acceptors (Lipinski definition) is 2. The zero-order chi connectivity index (χ0) is 13.0. The highest BCUT2D eigenvalue weighted by Crippen LogP contribution is 2.31. The molecule has 17 heavy (non-hydrogen) atoms. The normalized spacial score (nSPS) is 12.0. The van der Waals surface area contributed by atoms with Gasteiger partial charge in [0.2, 0.25) is 0 Å². The maximum absolute atomic E-state index is 6.06. The first-order chi connectivity index (χ1) is 8.24. The van der Waals surface area contributed by atoms with Gasteiger partial charge in [0.15, 0.2) is 0 Å². The third-order valence-corrected chi connectivity index (χ3v) is 3.44. The molecule has 0 saturated heterocycles. The quantitative estimate of drug-likeness (QED) is 0.454. The topological polar surface area (TPSA) is 18.5 Å². The van der Waals surface area contributed by atoms with Crippen LogP contribution in [0.3, 0.4) is 0 Å². The van der Waals surface area contributed by atoms with Crippen molar-refractivity contribution in [3.63, 3.8) is 0 Å². The van der Waals surface area contributed by atoms with Crippen LogP contribution in [0.15, 0.2) is 0 Å². The summed E-state index contributed by atoms with van der Waals surface area (Å²) in [6, 6.07) is 0. The molecule has 0 radical (unpaired) electrons. The second-order valence-corrected chi connectivity index (χ2v) is 5.04. The second kappa shape index (κ2) is 11.0. The number of rotatable bonds is 12. The van der Waals surface area contributed by atoms with Crippen molar-refractivity contribution >= 4 is 0 Å². The van der Waals surface area contributed by atoms with Crippen molar-refractivity contribution in [3.05, 3.63) is 0 Å². The van der Waals surface area contributed by atoms with Gasteiger partial charge in [-0.25, -0.2) is 0 Å². The molecule has 0 aromatic rings. The third kappa shape index (κ3) is 7.77. The molecule has 0 aromatic heterocycles. The molecule has 0 aliphatic heterocycles. The molecule has 0 spiro atoms. The summed E-state index contributed by atoms with van der Waals surface area (Å²) in [6.45, 7) is 7.19. The van der Waals surface area contributed by atoms with Crippen molar-refractivity contribution in [3.8, 4) is 0 Å². The molecule has 0 aliphatic rings. The van der Waals surface area contributed by atoms with Crippen LogP contribution in [0.2, 0.25) is 0 Å². The summed E-state index contributed by atoms with van der Waals surface area (Å²) in [7, 11) is 1.71. The van der Waals surface area contributed by atoms with Gasteiger partial charge in [-0.05, 0) is 19.3 Å². The number of ether oxygens (including phenoxy) is 2. The number of unbranched alkanes of at least 4 members (excludes halogenated alkanes) is 3. The molecule has 0 heterocycles. The van der Waals surface area contributed by atoms with Crippen molar-refractivity contribution in [2.75, 3.05) is 13.9 Å². The van der Waals surface area contributed by atoms with E-state index in [1.807, 2.05) is 0 Å². The van der Waals surface area contributed by atoms with Crippen LogP contribution in [-0.2, 0) is 9.47 Å². The van der Waals surface area contributed by atoms with Gasteiger partial charge in [-0.1, -0.05) is 59.3 Å². The Morgan fingerprint density at radius 2 is 1.18 bits per heavy atom. The van der Waals surface area contributed by atoms with E-state index in [0.717, 1.165) is 0 Å². The Balaban J connectivity index is 4.39. The van der Waals surface area contributed by atoms with Crippen molar-refractivity contribution in [2.45, 2.75) is 84.2 Å². The molecule has 2 heteroatoms. The van der Waals surface area contributed by atoms with Gasteiger partial charge in [-0.15, -0.1) is 0 Å². The Bertz CT molecular complexity index is 119. The Morgan fingerprint density at radius 3 is 1.47 bits per heavy atom. The summed E-state index contributed by atoms with van der Waals surface area (Å²) in [5, 5.41) is 0. The van der Waals surface area contributed by atoms with E-state index in [0.29, 0.717) is 6.79 Å². The van der Waals surface area contributed by atoms with Crippen molar-refractivity contribution < 1.29 is 9.47 Å². The fraction of sp³-hybridized carbons (Fsp3) is 1.00. The lowest BCUT2D eigenvalue weighted by atomic mass is 9.86. The van der Waals surface area contributed by atoms with Gasteiger partial charge in [0.25, 0.3) is 0 Å². The first kappa shape index (κ1) is 16.9. The average molecular weight is 244 g/mol. The molecular weight excluding hydrogens is 212 g/mol. The van der Waals surface area contributed by atoms with Crippen LogP contribution in [0.5, 0.6) is 0 Å². The minimum atomic E-state index is 0.0814. The van der Waals surface area contributed by atoms with Gasteiger partial charge >= 0.3 is 0 Å². The van der Waals surface area contributed by atoms with Crippen LogP contribution in [0.4, 0.5) is 0 Å². The largest absolute Gasteiger partial charge is 0.359 e. The Hall–Kier alpha value is -0.0800. The van der Waals surface area contributed by atoms with Crippen LogP contribution in [0, 0.1) is 0 Å². The molecule has 0 aliphatic carbocycles. The van der Waals surface area contributed by atoms with Crippen molar-refractivity contribution in [1.82, 2.24) is 0 Å². The lowest BCUT2D eigenvalue weighted by Gasteiger charge is -2.34. The molecule has 104 valence electrons. The van der Waals surface area contributed by atoms with E-state index in [-0.39, 0.29) is 5.60 Å². The fourth-order valence-corrected chi connectivity index (χ4v) is 2.27. The highest BCUT2D eigenvalue weighted by molar-refractivity contribution is 4.80. The van der Waals surface area contributed by atoms with Gasteiger partial charge in [0.05, 0.1) is 5.60 Å². The van der Waals surface area contributed by atoms with Crippen molar-refractivity contribution in [2.24, 2.45) is 0 Å². The van der Waals surface area contributed by atoms with Crippen LogP contribution < -0.4 is 0 Å². The summed E-state index contributed by atoms with van der Waals surface area (Å²) in [6.07, 6.45) is 11.1. The Labute approximate surface area is 108 Å². The summed E-state index contributed by atoms with van der Waals surface area (Å²) >= 11 is 0. The lowest BCUT2D eigenvalue weighted by molar-refractivity contribution is -0.143. The van der Waals surface area contributed by atoms with E-state index in [4.69, 9.17) is 9.47 Å². The predicted octanol–water partition coefficient (Wildman–Crippen LogP) is 4.92. The van der Waals surface area contributed by atoms with Crippen LogP contribution in [-0.4, -0.2) is 19.5 Å². The SMILES string of the molecule is CCCCC(CCCC)(CCCC)OCOC. The van der Waals surface area contributed by atoms with Gasteiger partial charge in [-0.3, -0.25) is 0 Å². The molecule has 0 bridgehead atoms. The molecule has 0 aromatic carbocycles. The lowest BCUT2D eigenvalue weighted by Crippen LogP contribution is -2.33. The van der Waals surface area contributed by atoms with Gasteiger partial charge in [0.1, 0.15) is 6.79 Å². The van der Waals surface area contributed by atoms with Crippen molar-refractivity contribution in [1.29, 1.82) is 0 Å². The standard InChI is InChI=1S/C15H32O2/c1-5-8-11-15(12-9-6-2,13-10-7-3)17-14-16-4/h5-14H2,1-4H3. The monoisotopic (exact) mass is 244 g/mol. The second-order valence-electron chi connectivity index (χ2n) is 5.04. The maximum atomic E-state index is 6.06. The summed E-state index contributed by atoms with van der Waals surface area (Å²) in [5.41, 5.74) is 0.0814. The molecule has 2 nitrogen and oxygen atoms in total. The first-order valence-corrected chi connectivity index (χ1v) is 7.37. The number of methoxy groups -OCH3 is 1. The highest BCUT2D eigenvalue weighted by Gasteiger charge is 2.29. The minimum absolute atomic E-state index is 0.0814. The first-order valence-electron chi connectivity index (χ1n) is 7.37. The molecule has 0 atom stereocenters. The molecule has 0 saturated carbocycles. The molecule has 0 N–H and O–H groups in total. The third-order valence-electron chi connectivity index (χ3n) is 3.44. The summed E-state index contributed by atoms with van der Waals surface area (Å²) < 4.78 is 11.2. The molecule has 0 rings (SSSR count).